The van der Waals surface area contributed by atoms with E-state index in [0.717, 1.165) is 36.3 Å². The number of imidazole rings is 1. The van der Waals surface area contributed by atoms with Gasteiger partial charge in [0.2, 0.25) is 5.95 Å². The number of nitrogen functional groups attached to an aromatic ring is 1. The average molecular weight is 272 g/mol. The molecule has 0 unspecified atom stereocenters. The van der Waals surface area contributed by atoms with Crippen LogP contribution in [0.3, 0.4) is 0 Å². The number of para-hydroxylation sites is 1. The molecule has 2 N–H and O–H groups in total. The third kappa shape index (κ3) is 2.18. The lowest BCUT2D eigenvalue weighted by atomic mass is 10.3. The largest absolute Gasteiger partial charge is 0.494 e. The third-order valence-corrected chi connectivity index (χ3v) is 3.23. The molecule has 0 aliphatic rings. The molecule has 0 saturated heterocycles. The molecule has 0 bridgehead atoms. The van der Waals surface area contributed by atoms with Gasteiger partial charge in [-0.25, -0.2) is 4.98 Å². The van der Waals surface area contributed by atoms with Crippen molar-refractivity contribution in [3.63, 3.8) is 0 Å². The summed E-state index contributed by atoms with van der Waals surface area (Å²) in [4.78, 5) is 4.38. The summed E-state index contributed by atoms with van der Waals surface area (Å²) in [5.74, 6) is 1.24. The lowest BCUT2D eigenvalue weighted by Gasteiger charge is -2.06. The fourth-order valence-electron chi connectivity index (χ4n) is 2.28. The first-order valence-electron chi connectivity index (χ1n) is 6.42. The second kappa shape index (κ2) is 5.20. The number of methoxy groups -OCH3 is 1. The molecule has 1 aromatic carbocycles. The maximum absolute atomic E-state index is 6.00. The molecule has 7 nitrogen and oxygen atoms in total. The first kappa shape index (κ1) is 12.5. The van der Waals surface area contributed by atoms with Gasteiger partial charge in [0.05, 0.1) is 18.8 Å². The average Bonchev–Trinajstić information content (AvgIpc) is 3.07. The maximum Gasteiger partial charge on any atom is 0.201 e. The van der Waals surface area contributed by atoms with E-state index in [-0.39, 0.29) is 0 Å². The molecule has 0 saturated carbocycles. The molecule has 104 valence electrons. The van der Waals surface area contributed by atoms with E-state index < -0.39 is 0 Å². The van der Waals surface area contributed by atoms with E-state index >= 15 is 0 Å². The molecule has 3 rings (SSSR count). The van der Waals surface area contributed by atoms with Crippen LogP contribution in [0.1, 0.15) is 6.42 Å². The van der Waals surface area contributed by atoms with Crippen molar-refractivity contribution in [3.05, 3.63) is 30.6 Å². The number of nitrogens with zero attached hydrogens (tertiary/aromatic N) is 5. The fraction of sp³-hybridized carbons (Fsp3) is 0.308. The summed E-state index contributed by atoms with van der Waals surface area (Å²) in [7, 11) is 1.63. The molecule has 0 fully saturated rings. The first-order chi connectivity index (χ1) is 9.79. The monoisotopic (exact) mass is 272 g/mol. The van der Waals surface area contributed by atoms with Crippen LogP contribution in [0.5, 0.6) is 5.75 Å². The van der Waals surface area contributed by atoms with Crippen molar-refractivity contribution < 1.29 is 4.74 Å². The molecule has 2 heterocycles. The number of aryl methyl sites for hydroxylation is 2. The number of benzene rings is 1. The summed E-state index contributed by atoms with van der Waals surface area (Å²) >= 11 is 0. The number of rotatable bonds is 5. The van der Waals surface area contributed by atoms with Gasteiger partial charge in [0.15, 0.2) is 0 Å². The minimum absolute atomic E-state index is 0.503. The molecule has 0 atom stereocenters. The summed E-state index contributed by atoms with van der Waals surface area (Å²) < 4.78 is 9.10. The topological polar surface area (TPSA) is 83.8 Å². The Morgan fingerprint density at radius 3 is 2.95 bits per heavy atom. The predicted octanol–water partition coefficient (Wildman–Crippen LogP) is 1.31. The number of ether oxygens (including phenoxy) is 1. The van der Waals surface area contributed by atoms with Crippen molar-refractivity contribution in [1.29, 1.82) is 0 Å². The molecule has 20 heavy (non-hydrogen) atoms. The van der Waals surface area contributed by atoms with E-state index in [1.807, 2.05) is 29.0 Å². The van der Waals surface area contributed by atoms with E-state index in [2.05, 4.69) is 15.3 Å². The van der Waals surface area contributed by atoms with Gasteiger partial charge in [0, 0.05) is 19.3 Å². The summed E-state index contributed by atoms with van der Waals surface area (Å²) in [6, 6.07) is 5.82. The Bertz CT molecular complexity index is 703. The van der Waals surface area contributed by atoms with Crippen LogP contribution in [0, 0.1) is 0 Å². The van der Waals surface area contributed by atoms with Crippen molar-refractivity contribution in [3.8, 4) is 5.75 Å². The SMILES string of the molecule is COc1cccc2c1nc(N)n2CCCn1ccnn1. The number of aromatic nitrogens is 5. The Hall–Kier alpha value is -2.57. The molecule has 3 aromatic rings. The Kier molecular flexibility index (Phi) is 3.24. The molecular formula is C13H16N6O. The van der Waals surface area contributed by atoms with Gasteiger partial charge in [-0.1, -0.05) is 11.3 Å². The molecule has 0 aliphatic heterocycles. The summed E-state index contributed by atoms with van der Waals surface area (Å²) in [5, 5.41) is 7.72. The van der Waals surface area contributed by atoms with Crippen molar-refractivity contribution >= 4 is 17.0 Å². The van der Waals surface area contributed by atoms with Crippen molar-refractivity contribution in [1.82, 2.24) is 24.5 Å². The smallest absolute Gasteiger partial charge is 0.201 e. The minimum atomic E-state index is 0.503. The molecule has 0 spiro atoms. The van der Waals surface area contributed by atoms with Crippen molar-refractivity contribution in [2.75, 3.05) is 12.8 Å². The number of nitrogens with two attached hydrogens (primary N) is 1. The summed E-state index contributed by atoms with van der Waals surface area (Å²) in [5.41, 5.74) is 7.78. The molecular weight excluding hydrogens is 256 g/mol. The standard InChI is InChI=1S/C13H16N6O/c1-20-11-5-2-4-10-12(11)16-13(14)19(10)8-3-7-18-9-6-15-17-18/h2,4-6,9H,3,7-8H2,1H3,(H2,14,16). The first-order valence-corrected chi connectivity index (χ1v) is 6.42. The Morgan fingerprint density at radius 2 is 2.20 bits per heavy atom. The maximum atomic E-state index is 6.00. The highest BCUT2D eigenvalue weighted by molar-refractivity contribution is 5.84. The summed E-state index contributed by atoms with van der Waals surface area (Å²) in [6.07, 6.45) is 4.42. The quantitative estimate of drug-likeness (QED) is 0.757. The van der Waals surface area contributed by atoms with Crippen molar-refractivity contribution in [2.24, 2.45) is 0 Å². The van der Waals surface area contributed by atoms with Gasteiger partial charge >= 0.3 is 0 Å². The zero-order valence-corrected chi connectivity index (χ0v) is 11.2. The highest BCUT2D eigenvalue weighted by Crippen LogP contribution is 2.26. The van der Waals surface area contributed by atoms with Gasteiger partial charge in [-0.15, -0.1) is 5.10 Å². The van der Waals surface area contributed by atoms with Gasteiger partial charge in [0.1, 0.15) is 11.3 Å². The lowest BCUT2D eigenvalue weighted by molar-refractivity contribution is 0.419. The van der Waals surface area contributed by atoms with Crippen LogP contribution in [-0.2, 0) is 13.1 Å². The van der Waals surface area contributed by atoms with Gasteiger partial charge in [-0.3, -0.25) is 4.68 Å². The number of anilines is 1. The van der Waals surface area contributed by atoms with Gasteiger partial charge < -0.3 is 15.0 Å². The molecule has 0 aliphatic carbocycles. The number of hydrogen-bond donors (Lipinski definition) is 1. The van der Waals surface area contributed by atoms with E-state index in [9.17, 15) is 0 Å². The van der Waals surface area contributed by atoms with Gasteiger partial charge in [-0.2, -0.15) is 0 Å². The summed E-state index contributed by atoms with van der Waals surface area (Å²) in [6.45, 7) is 1.57. The number of fused-ring (bicyclic) bond motifs is 1. The van der Waals surface area contributed by atoms with Crippen LogP contribution < -0.4 is 10.5 Å². The zero-order chi connectivity index (χ0) is 13.9. The van der Waals surface area contributed by atoms with E-state index in [1.54, 1.807) is 18.0 Å². The van der Waals surface area contributed by atoms with Gasteiger partial charge in [0.25, 0.3) is 0 Å². The lowest BCUT2D eigenvalue weighted by Crippen LogP contribution is -2.07. The van der Waals surface area contributed by atoms with Crippen LogP contribution >= 0.6 is 0 Å². The number of hydrogen-bond acceptors (Lipinski definition) is 5. The Labute approximate surface area is 116 Å². The van der Waals surface area contributed by atoms with Crippen LogP contribution in [0.25, 0.3) is 11.0 Å². The molecule has 0 radical (unpaired) electrons. The fourth-order valence-corrected chi connectivity index (χ4v) is 2.28. The van der Waals surface area contributed by atoms with Crippen LogP contribution in [-0.4, -0.2) is 31.7 Å². The van der Waals surface area contributed by atoms with Crippen LogP contribution in [0.4, 0.5) is 5.95 Å². The van der Waals surface area contributed by atoms with Crippen LogP contribution in [0.15, 0.2) is 30.6 Å². The van der Waals surface area contributed by atoms with Gasteiger partial charge in [-0.05, 0) is 18.6 Å². The zero-order valence-electron chi connectivity index (χ0n) is 11.2. The third-order valence-electron chi connectivity index (χ3n) is 3.23. The Balaban J connectivity index is 1.82. The Morgan fingerprint density at radius 1 is 1.30 bits per heavy atom. The normalized spacial score (nSPS) is 11.1. The highest BCUT2D eigenvalue weighted by Gasteiger charge is 2.11. The second-order valence-corrected chi connectivity index (χ2v) is 4.47. The van der Waals surface area contributed by atoms with E-state index in [1.165, 1.54) is 0 Å². The van der Waals surface area contributed by atoms with Crippen LogP contribution in [0.2, 0.25) is 0 Å². The molecule has 7 heteroatoms. The van der Waals surface area contributed by atoms with E-state index in [0.29, 0.717) is 5.95 Å². The highest BCUT2D eigenvalue weighted by atomic mass is 16.5. The van der Waals surface area contributed by atoms with Crippen molar-refractivity contribution in [2.45, 2.75) is 19.5 Å². The minimum Gasteiger partial charge on any atom is -0.494 e. The van der Waals surface area contributed by atoms with E-state index in [4.69, 9.17) is 10.5 Å². The molecule has 2 aromatic heterocycles. The molecule has 0 amide bonds. The second-order valence-electron chi connectivity index (χ2n) is 4.47. The predicted molar refractivity (Wildman–Crippen MR) is 75.3 cm³/mol.